The van der Waals surface area contributed by atoms with Crippen molar-refractivity contribution in [1.29, 1.82) is 0 Å². The van der Waals surface area contributed by atoms with Crippen LogP contribution < -0.4 is 15.2 Å². The van der Waals surface area contributed by atoms with E-state index >= 15 is 0 Å². The van der Waals surface area contributed by atoms with Gasteiger partial charge in [-0.3, -0.25) is 0 Å². The molecular formula is C15H21NO3S. The van der Waals surface area contributed by atoms with Crippen molar-refractivity contribution in [3.63, 3.8) is 0 Å². The standard InChI is InChI=1S/C15H21NO3S/c1-2-3-4-9-19-12-7-5-11(6-8-12)14-16-13(10-20-14)15(17)18/h5-8,13-14,16H,2-4,9-10H2,1H3,(H,17,18)/t13-,14+/m1/s1. The zero-order valence-corrected chi connectivity index (χ0v) is 12.5. The van der Waals surface area contributed by atoms with Crippen molar-refractivity contribution in [2.45, 2.75) is 37.6 Å². The zero-order valence-electron chi connectivity index (χ0n) is 11.7. The first kappa shape index (κ1) is 15.2. The van der Waals surface area contributed by atoms with E-state index in [-0.39, 0.29) is 5.37 Å². The van der Waals surface area contributed by atoms with Gasteiger partial charge >= 0.3 is 0 Å². The van der Waals surface area contributed by atoms with Crippen molar-refractivity contribution in [3.05, 3.63) is 29.8 Å². The van der Waals surface area contributed by atoms with Gasteiger partial charge in [0.15, 0.2) is 5.37 Å². The summed E-state index contributed by atoms with van der Waals surface area (Å²) in [6, 6.07) is 7.52. The highest BCUT2D eigenvalue weighted by atomic mass is 32.2. The highest BCUT2D eigenvalue weighted by Gasteiger charge is 2.30. The maximum absolute atomic E-state index is 10.8. The minimum absolute atomic E-state index is 0.145. The number of quaternary nitrogens is 1. The average molecular weight is 295 g/mol. The normalized spacial score (nSPS) is 21.9. The molecule has 0 aliphatic carbocycles. The van der Waals surface area contributed by atoms with E-state index in [1.165, 1.54) is 12.8 Å². The highest BCUT2D eigenvalue weighted by Crippen LogP contribution is 2.28. The second kappa shape index (κ2) is 7.55. The molecular weight excluding hydrogens is 274 g/mol. The van der Waals surface area contributed by atoms with Gasteiger partial charge in [0, 0.05) is 5.56 Å². The van der Waals surface area contributed by atoms with Crippen LogP contribution in [0, 0.1) is 0 Å². The third kappa shape index (κ3) is 4.15. The summed E-state index contributed by atoms with van der Waals surface area (Å²) in [7, 11) is 0. The second-order valence-electron chi connectivity index (χ2n) is 5.00. The molecule has 2 atom stereocenters. The smallest absolute Gasteiger partial charge is 0.159 e. The number of carboxylic acids is 1. The first-order valence-corrected chi connectivity index (χ1v) is 8.15. The molecule has 20 heavy (non-hydrogen) atoms. The number of hydrogen-bond donors (Lipinski definition) is 1. The number of ether oxygens (including phenoxy) is 1. The number of carboxylic acid groups (broad SMARTS) is 1. The van der Waals surface area contributed by atoms with Crippen LogP contribution >= 0.6 is 11.8 Å². The van der Waals surface area contributed by atoms with Gasteiger partial charge in [0.25, 0.3) is 0 Å². The zero-order chi connectivity index (χ0) is 14.4. The van der Waals surface area contributed by atoms with Crippen LogP contribution in [0.15, 0.2) is 24.3 Å². The molecule has 0 spiro atoms. The number of thioether (sulfide) groups is 1. The molecule has 0 bridgehead atoms. The van der Waals surface area contributed by atoms with E-state index in [4.69, 9.17) is 4.74 Å². The number of hydrogen-bond acceptors (Lipinski definition) is 4. The van der Waals surface area contributed by atoms with Gasteiger partial charge in [0.05, 0.1) is 12.4 Å². The van der Waals surface area contributed by atoms with E-state index in [9.17, 15) is 9.90 Å². The quantitative estimate of drug-likeness (QED) is 0.751. The molecule has 0 radical (unpaired) electrons. The van der Waals surface area contributed by atoms with Crippen LogP contribution in [0.4, 0.5) is 0 Å². The maximum Gasteiger partial charge on any atom is 0.159 e. The SMILES string of the molecule is CCCCCOc1ccc([C@H]2[NH2+][C@@H](C(=O)[O-])CS2)cc1. The molecule has 0 saturated carbocycles. The van der Waals surface area contributed by atoms with Gasteiger partial charge in [0.2, 0.25) is 0 Å². The lowest BCUT2D eigenvalue weighted by molar-refractivity contribution is -0.690. The summed E-state index contributed by atoms with van der Waals surface area (Å²) < 4.78 is 5.66. The number of nitrogens with two attached hydrogens (primary N) is 1. The van der Waals surface area contributed by atoms with Crippen molar-refractivity contribution < 1.29 is 20.0 Å². The Morgan fingerprint density at radius 3 is 2.75 bits per heavy atom. The minimum Gasteiger partial charge on any atom is -0.544 e. The summed E-state index contributed by atoms with van der Waals surface area (Å²) in [5.41, 5.74) is 1.12. The minimum atomic E-state index is -0.976. The molecule has 2 rings (SSSR count). The van der Waals surface area contributed by atoms with Crippen molar-refractivity contribution in [2.24, 2.45) is 0 Å². The fraction of sp³-hybridized carbons (Fsp3) is 0.533. The molecule has 1 aromatic carbocycles. The van der Waals surface area contributed by atoms with E-state index in [0.29, 0.717) is 5.75 Å². The molecule has 1 saturated heterocycles. The van der Waals surface area contributed by atoms with Gasteiger partial charge < -0.3 is 20.0 Å². The summed E-state index contributed by atoms with van der Waals surface area (Å²) in [5.74, 6) is 0.502. The van der Waals surface area contributed by atoms with Gasteiger partial charge in [-0.05, 0) is 30.7 Å². The van der Waals surface area contributed by atoms with Crippen LogP contribution in [-0.2, 0) is 4.79 Å². The maximum atomic E-state index is 10.8. The number of rotatable bonds is 7. The number of unbranched alkanes of at least 4 members (excludes halogenated alkanes) is 2. The summed E-state index contributed by atoms with van der Waals surface area (Å²) in [5, 5.41) is 12.8. The van der Waals surface area contributed by atoms with Gasteiger partial charge in [-0.1, -0.05) is 31.5 Å². The van der Waals surface area contributed by atoms with Crippen LogP contribution in [-0.4, -0.2) is 24.4 Å². The number of carbonyl (C=O) groups is 1. The fourth-order valence-electron chi connectivity index (χ4n) is 2.18. The Labute approximate surface area is 123 Å². The lowest BCUT2D eigenvalue weighted by Gasteiger charge is -2.12. The molecule has 0 unspecified atom stereocenters. The molecule has 5 heteroatoms. The molecule has 2 N–H and O–H groups in total. The molecule has 1 aromatic rings. The highest BCUT2D eigenvalue weighted by molar-refractivity contribution is 7.99. The molecule has 1 aliphatic heterocycles. The Kier molecular flexibility index (Phi) is 5.73. The molecule has 0 aromatic heterocycles. The Balaban J connectivity index is 1.84. The lowest BCUT2D eigenvalue weighted by atomic mass is 10.2. The Morgan fingerprint density at radius 2 is 2.15 bits per heavy atom. The molecule has 0 amide bonds. The van der Waals surface area contributed by atoms with Crippen LogP contribution in [0.25, 0.3) is 0 Å². The molecule has 1 heterocycles. The Morgan fingerprint density at radius 1 is 1.40 bits per heavy atom. The molecule has 1 aliphatic rings. The largest absolute Gasteiger partial charge is 0.544 e. The summed E-state index contributed by atoms with van der Waals surface area (Å²) in [6.07, 6.45) is 3.46. The first-order valence-electron chi connectivity index (χ1n) is 7.11. The number of carbonyl (C=O) groups excluding carboxylic acids is 1. The van der Waals surface area contributed by atoms with Crippen molar-refractivity contribution in [2.75, 3.05) is 12.4 Å². The van der Waals surface area contributed by atoms with Crippen LogP contribution in [0.2, 0.25) is 0 Å². The van der Waals surface area contributed by atoms with Crippen molar-refractivity contribution in [1.82, 2.24) is 0 Å². The first-order chi connectivity index (χ1) is 9.70. The third-order valence-corrected chi connectivity index (χ3v) is 4.73. The van der Waals surface area contributed by atoms with E-state index in [2.05, 4.69) is 6.92 Å². The van der Waals surface area contributed by atoms with E-state index in [1.807, 2.05) is 29.6 Å². The Hall–Kier alpha value is -1.20. The molecule has 110 valence electrons. The second-order valence-corrected chi connectivity index (χ2v) is 6.17. The van der Waals surface area contributed by atoms with Gasteiger partial charge in [-0.2, -0.15) is 0 Å². The lowest BCUT2D eigenvalue weighted by Crippen LogP contribution is -2.90. The third-order valence-electron chi connectivity index (χ3n) is 3.39. The summed E-state index contributed by atoms with van der Waals surface area (Å²) in [4.78, 5) is 10.8. The Bertz CT molecular complexity index is 435. The predicted molar refractivity (Wildman–Crippen MR) is 77.4 cm³/mol. The van der Waals surface area contributed by atoms with Crippen molar-refractivity contribution >= 4 is 17.7 Å². The monoisotopic (exact) mass is 295 g/mol. The van der Waals surface area contributed by atoms with Crippen LogP contribution in [0.5, 0.6) is 5.75 Å². The van der Waals surface area contributed by atoms with E-state index in [1.54, 1.807) is 11.8 Å². The predicted octanol–water partition coefficient (Wildman–Crippen LogP) is 0.683. The van der Waals surface area contributed by atoms with Gasteiger partial charge in [0.1, 0.15) is 17.8 Å². The summed E-state index contributed by atoms with van der Waals surface area (Å²) in [6.45, 7) is 2.93. The molecule has 1 fully saturated rings. The average Bonchev–Trinajstić information content (AvgIpc) is 2.94. The number of aliphatic carboxylic acids is 1. The van der Waals surface area contributed by atoms with Gasteiger partial charge in [-0.15, -0.1) is 0 Å². The van der Waals surface area contributed by atoms with Crippen LogP contribution in [0.1, 0.15) is 37.1 Å². The molecule has 4 nitrogen and oxygen atoms in total. The van der Waals surface area contributed by atoms with Crippen LogP contribution in [0.3, 0.4) is 0 Å². The number of benzene rings is 1. The van der Waals surface area contributed by atoms with E-state index < -0.39 is 12.0 Å². The topological polar surface area (TPSA) is 66.0 Å². The van der Waals surface area contributed by atoms with Gasteiger partial charge in [-0.25, -0.2) is 0 Å². The van der Waals surface area contributed by atoms with E-state index in [0.717, 1.165) is 24.3 Å². The fourth-order valence-corrected chi connectivity index (χ4v) is 3.49. The summed E-state index contributed by atoms with van der Waals surface area (Å²) >= 11 is 1.65. The van der Waals surface area contributed by atoms with Crippen molar-refractivity contribution in [3.8, 4) is 5.75 Å².